The van der Waals surface area contributed by atoms with Crippen molar-refractivity contribution in [2.24, 2.45) is 0 Å². The molecule has 1 aromatic rings. The van der Waals surface area contributed by atoms with Crippen LogP contribution in [0.4, 0.5) is 0 Å². The molecular formula is C10H10O5. The van der Waals surface area contributed by atoms with Gasteiger partial charge in [0.15, 0.2) is 0 Å². The van der Waals surface area contributed by atoms with E-state index in [-0.39, 0.29) is 16.9 Å². The Bertz CT molecular complexity index is 397. The molecule has 0 radical (unpaired) electrons. The van der Waals surface area contributed by atoms with Gasteiger partial charge in [-0.05, 0) is 18.2 Å². The molecule has 0 aliphatic carbocycles. The summed E-state index contributed by atoms with van der Waals surface area (Å²) in [6, 6.07) is 3.98. The van der Waals surface area contributed by atoms with Crippen molar-refractivity contribution in [3.63, 3.8) is 0 Å². The number of carbonyl (C=O) groups is 2. The Labute approximate surface area is 86.2 Å². The minimum Gasteiger partial charge on any atom is -0.496 e. The Balaban J connectivity index is 3.25. The number of methoxy groups -OCH3 is 2. The second kappa shape index (κ2) is 4.45. The molecule has 0 fully saturated rings. The fourth-order valence-electron chi connectivity index (χ4n) is 1.11. The van der Waals surface area contributed by atoms with Crippen molar-refractivity contribution in [1.82, 2.24) is 0 Å². The van der Waals surface area contributed by atoms with E-state index in [0.717, 1.165) is 0 Å². The SMILES string of the molecule is COC(=O)c1cc(C(=O)O)ccc1OC. The zero-order chi connectivity index (χ0) is 11.4. The number of aromatic carboxylic acids is 1. The molecule has 0 aliphatic rings. The Hall–Kier alpha value is -2.04. The molecule has 80 valence electrons. The van der Waals surface area contributed by atoms with Gasteiger partial charge < -0.3 is 14.6 Å². The molecule has 5 nitrogen and oxygen atoms in total. The molecule has 1 N–H and O–H groups in total. The fourth-order valence-corrected chi connectivity index (χ4v) is 1.11. The van der Waals surface area contributed by atoms with Crippen LogP contribution in [0, 0.1) is 0 Å². The van der Waals surface area contributed by atoms with Crippen molar-refractivity contribution in [3.8, 4) is 5.75 Å². The molecular weight excluding hydrogens is 200 g/mol. The van der Waals surface area contributed by atoms with Gasteiger partial charge in [-0.3, -0.25) is 0 Å². The van der Waals surface area contributed by atoms with E-state index < -0.39 is 11.9 Å². The summed E-state index contributed by atoms with van der Waals surface area (Å²) in [6.07, 6.45) is 0. The summed E-state index contributed by atoms with van der Waals surface area (Å²) in [5.41, 5.74) is 0.108. The van der Waals surface area contributed by atoms with Crippen LogP contribution in [0.2, 0.25) is 0 Å². The van der Waals surface area contributed by atoms with Gasteiger partial charge in [0.1, 0.15) is 11.3 Å². The molecule has 0 amide bonds. The molecule has 0 aromatic heterocycles. The van der Waals surface area contributed by atoms with Gasteiger partial charge in [-0.1, -0.05) is 0 Å². The highest BCUT2D eigenvalue weighted by molar-refractivity contribution is 5.96. The number of carboxylic acid groups (broad SMARTS) is 1. The molecule has 0 atom stereocenters. The maximum absolute atomic E-state index is 11.3. The maximum Gasteiger partial charge on any atom is 0.341 e. The number of rotatable bonds is 3. The first kappa shape index (κ1) is 11.0. The molecule has 5 heteroatoms. The van der Waals surface area contributed by atoms with Crippen LogP contribution in [0.25, 0.3) is 0 Å². The van der Waals surface area contributed by atoms with Crippen LogP contribution in [0.1, 0.15) is 20.7 Å². The first-order valence-electron chi connectivity index (χ1n) is 4.09. The molecule has 0 saturated carbocycles. The molecule has 1 rings (SSSR count). The molecule has 0 spiro atoms. The number of ether oxygens (including phenoxy) is 2. The number of carboxylic acids is 1. The quantitative estimate of drug-likeness (QED) is 0.758. The predicted octanol–water partition coefficient (Wildman–Crippen LogP) is 1.18. The lowest BCUT2D eigenvalue weighted by Crippen LogP contribution is -2.06. The predicted molar refractivity (Wildman–Crippen MR) is 51.3 cm³/mol. The van der Waals surface area contributed by atoms with Gasteiger partial charge in [-0.15, -0.1) is 0 Å². The number of benzene rings is 1. The van der Waals surface area contributed by atoms with Crippen LogP contribution in [0.5, 0.6) is 5.75 Å². The Morgan fingerprint density at radius 1 is 1.27 bits per heavy atom. The summed E-state index contributed by atoms with van der Waals surface area (Å²) in [6.45, 7) is 0. The van der Waals surface area contributed by atoms with E-state index in [4.69, 9.17) is 9.84 Å². The van der Waals surface area contributed by atoms with E-state index in [9.17, 15) is 9.59 Å². The van der Waals surface area contributed by atoms with Crippen LogP contribution in [-0.4, -0.2) is 31.3 Å². The molecule has 1 aromatic carbocycles. The normalized spacial score (nSPS) is 9.47. The van der Waals surface area contributed by atoms with Crippen LogP contribution in [-0.2, 0) is 4.74 Å². The summed E-state index contributed by atoms with van der Waals surface area (Å²) in [7, 11) is 2.61. The largest absolute Gasteiger partial charge is 0.496 e. The minimum atomic E-state index is -1.11. The van der Waals surface area contributed by atoms with Crippen molar-refractivity contribution in [2.75, 3.05) is 14.2 Å². The van der Waals surface area contributed by atoms with Crippen LogP contribution >= 0.6 is 0 Å². The van der Waals surface area contributed by atoms with Crippen LogP contribution < -0.4 is 4.74 Å². The summed E-state index contributed by atoms with van der Waals surface area (Å²) in [5.74, 6) is -1.45. The van der Waals surface area contributed by atoms with E-state index in [0.29, 0.717) is 0 Å². The standard InChI is InChI=1S/C10H10O5/c1-14-8-4-3-6(9(11)12)5-7(8)10(13)15-2/h3-5H,1-2H3,(H,11,12). The first-order chi connectivity index (χ1) is 7.10. The molecule has 0 heterocycles. The topological polar surface area (TPSA) is 72.8 Å². The van der Waals surface area contributed by atoms with Gasteiger partial charge in [0.2, 0.25) is 0 Å². The molecule has 0 bridgehead atoms. The van der Waals surface area contributed by atoms with E-state index in [1.165, 1.54) is 32.4 Å². The van der Waals surface area contributed by atoms with Crippen molar-refractivity contribution in [2.45, 2.75) is 0 Å². The van der Waals surface area contributed by atoms with Gasteiger partial charge in [-0.25, -0.2) is 9.59 Å². The fraction of sp³-hybridized carbons (Fsp3) is 0.200. The van der Waals surface area contributed by atoms with E-state index in [2.05, 4.69) is 4.74 Å². The summed E-state index contributed by atoms with van der Waals surface area (Å²) in [5, 5.41) is 8.73. The number of hydrogen-bond donors (Lipinski definition) is 1. The number of carbonyl (C=O) groups excluding carboxylic acids is 1. The van der Waals surface area contributed by atoms with Crippen molar-refractivity contribution in [3.05, 3.63) is 29.3 Å². The van der Waals surface area contributed by atoms with Gasteiger partial charge in [-0.2, -0.15) is 0 Å². The summed E-state index contributed by atoms with van der Waals surface area (Å²) < 4.78 is 9.41. The lowest BCUT2D eigenvalue weighted by atomic mass is 10.1. The van der Waals surface area contributed by atoms with Crippen molar-refractivity contribution < 1.29 is 24.2 Å². The van der Waals surface area contributed by atoms with E-state index >= 15 is 0 Å². The van der Waals surface area contributed by atoms with E-state index in [1.54, 1.807) is 0 Å². The van der Waals surface area contributed by atoms with Crippen LogP contribution in [0.15, 0.2) is 18.2 Å². The van der Waals surface area contributed by atoms with Crippen molar-refractivity contribution >= 4 is 11.9 Å². The molecule has 15 heavy (non-hydrogen) atoms. The zero-order valence-corrected chi connectivity index (χ0v) is 8.31. The molecule has 0 unspecified atom stereocenters. The van der Waals surface area contributed by atoms with E-state index in [1.807, 2.05) is 0 Å². The molecule has 0 saturated heterocycles. The van der Waals surface area contributed by atoms with Crippen LogP contribution in [0.3, 0.4) is 0 Å². The highest BCUT2D eigenvalue weighted by Crippen LogP contribution is 2.20. The maximum atomic E-state index is 11.3. The Morgan fingerprint density at radius 2 is 1.93 bits per heavy atom. The monoisotopic (exact) mass is 210 g/mol. The average molecular weight is 210 g/mol. The summed E-state index contributed by atoms with van der Waals surface area (Å²) >= 11 is 0. The number of esters is 1. The number of hydrogen-bond acceptors (Lipinski definition) is 4. The highest BCUT2D eigenvalue weighted by Gasteiger charge is 2.15. The smallest absolute Gasteiger partial charge is 0.341 e. The highest BCUT2D eigenvalue weighted by atomic mass is 16.5. The van der Waals surface area contributed by atoms with Gasteiger partial charge >= 0.3 is 11.9 Å². The zero-order valence-electron chi connectivity index (χ0n) is 8.31. The lowest BCUT2D eigenvalue weighted by molar-refractivity contribution is 0.0597. The third-order valence-corrected chi connectivity index (χ3v) is 1.85. The van der Waals surface area contributed by atoms with Gasteiger partial charge in [0, 0.05) is 0 Å². The third kappa shape index (κ3) is 2.25. The lowest BCUT2D eigenvalue weighted by Gasteiger charge is -2.07. The Kier molecular flexibility index (Phi) is 3.28. The third-order valence-electron chi connectivity index (χ3n) is 1.85. The minimum absolute atomic E-state index is 0.0104. The first-order valence-corrected chi connectivity index (χ1v) is 4.09. The molecule has 0 aliphatic heterocycles. The van der Waals surface area contributed by atoms with Gasteiger partial charge in [0.25, 0.3) is 0 Å². The second-order valence-electron chi connectivity index (χ2n) is 2.71. The van der Waals surface area contributed by atoms with Crippen molar-refractivity contribution in [1.29, 1.82) is 0 Å². The average Bonchev–Trinajstić information content (AvgIpc) is 2.27. The second-order valence-corrected chi connectivity index (χ2v) is 2.71. The summed E-state index contributed by atoms with van der Waals surface area (Å²) in [4.78, 5) is 21.9. The Morgan fingerprint density at radius 3 is 2.40 bits per heavy atom. The van der Waals surface area contributed by atoms with Gasteiger partial charge in [0.05, 0.1) is 19.8 Å².